The highest BCUT2D eigenvalue weighted by molar-refractivity contribution is 5.71. The van der Waals surface area contributed by atoms with Gasteiger partial charge in [0.15, 0.2) is 6.10 Å². The quantitative estimate of drug-likeness (QED) is 0.0261. The maximum Gasteiger partial charge on any atom is 0.306 e. The molecule has 6 heteroatoms. The third-order valence-corrected chi connectivity index (χ3v) is 13.0. The van der Waals surface area contributed by atoms with Gasteiger partial charge in [0.25, 0.3) is 0 Å². The van der Waals surface area contributed by atoms with Crippen molar-refractivity contribution < 1.29 is 28.6 Å². The van der Waals surface area contributed by atoms with Crippen molar-refractivity contribution in [1.29, 1.82) is 0 Å². The van der Waals surface area contributed by atoms with Crippen LogP contribution in [0.25, 0.3) is 0 Å². The first-order chi connectivity index (χ1) is 39.0. The molecule has 0 amide bonds. The second-order valence-electron chi connectivity index (χ2n) is 20.5. The highest BCUT2D eigenvalue weighted by Crippen LogP contribution is 2.14. The van der Waals surface area contributed by atoms with E-state index in [1.54, 1.807) is 0 Å². The minimum atomic E-state index is -0.819. The number of esters is 3. The van der Waals surface area contributed by atoms with Crippen molar-refractivity contribution >= 4 is 17.9 Å². The molecule has 6 nitrogen and oxygen atoms in total. The summed E-state index contributed by atoms with van der Waals surface area (Å²) in [4.78, 5) is 38.3. The lowest BCUT2D eigenvalue weighted by atomic mass is 10.0. The minimum Gasteiger partial charge on any atom is -0.462 e. The van der Waals surface area contributed by atoms with Crippen LogP contribution in [0.4, 0.5) is 0 Å². The van der Waals surface area contributed by atoms with E-state index in [4.69, 9.17) is 14.2 Å². The molecule has 1 unspecified atom stereocenters. The second-order valence-corrected chi connectivity index (χ2v) is 20.5. The number of rotatable bonds is 56. The maximum atomic E-state index is 12.9. The zero-order valence-corrected chi connectivity index (χ0v) is 50.8. The highest BCUT2D eigenvalue weighted by atomic mass is 16.6. The number of hydrogen-bond donors (Lipinski definition) is 0. The first-order valence-electron chi connectivity index (χ1n) is 32.0. The van der Waals surface area contributed by atoms with Gasteiger partial charge in [-0.2, -0.15) is 0 Å². The molecule has 0 aliphatic carbocycles. The fourth-order valence-electron chi connectivity index (χ4n) is 8.28. The Morgan fingerprint density at radius 1 is 0.266 bits per heavy atom. The van der Waals surface area contributed by atoms with E-state index in [0.717, 1.165) is 141 Å². The van der Waals surface area contributed by atoms with E-state index in [9.17, 15) is 14.4 Å². The second kappa shape index (κ2) is 65.5. The van der Waals surface area contributed by atoms with Gasteiger partial charge in [-0.05, 0) is 141 Å². The van der Waals surface area contributed by atoms with Gasteiger partial charge in [0.2, 0.25) is 0 Å². The van der Waals surface area contributed by atoms with Gasteiger partial charge in [-0.15, -0.1) is 0 Å². The van der Waals surface area contributed by atoms with E-state index < -0.39 is 6.10 Å². The first-order valence-corrected chi connectivity index (χ1v) is 32.0. The lowest BCUT2D eigenvalue weighted by molar-refractivity contribution is -0.167. The van der Waals surface area contributed by atoms with Gasteiger partial charge < -0.3 is 14.2 Å². The molecule has 0 spiro atoms. The van der Waals surface area contributed by atoms with Crippen LogP contribution in [0.1, 0.15) is 265 Å². The van der Waals surface area contributed by atoms with Crippen molar-refractivity contribution in [1.82, 2.24) is 0 Å². The number of carbonyl (C=O) groups is 3. The van der Waals surface area contributed by atoms with Crippen LogP contribution < -0.4 is 0 Å². The highest BCUT2D eigenvalue weighted by Gasteiger charge is 2.19. The molecule has 0 aliphatic rings. The molecule has 0 aromatic heterocycles. The predicted molar refractivity (Wildman–Crippen MR) is 343 cm³/mol. The van der Waals surface area contributed by atoms with Gasteiger partial charge in [0, 0.05) is 19.3 Å². The Morgan fingerprint density at radius 2 is 0.506 bits per heavy atom. The Balaban J connectivity index is 4.51. The van der Waals surface area contributed by atoms with Crippen LogP contribution in [-0.4, -0.2) is 37.2 Å². The molecule has 0 saturated carbocycles. The third-order valence-electron chi connectivity index (χ3n) is 13.0. The van der Waals surface area contributed by atoms with Crippen LogP contribution in [0, 0.1) is 0 Å². The minimum absolute atomic E-state index is 0.111. The van der Waals surface area contributed by atoms with Crippen LogP contribution in [-0.2, 0) is 28.6 Å². The van der Waals surface area contributed by atoms with Crippen LogP contribution in [0.15, 0.2) is 158 Å². The molecule has 0 heterocycles. The summed E-state index contributed by atoms with van der Waals surface area (Å²) in [6, 6.07) is 0. The zero-order valence-electron chi connectivity index (χ0n) is 50.8. The Labute approximate surface area is 486 Å². The van der Waals surface area contributed by atoms with E-state index in [2.05, 4.69) is 179 Å². The van der Waals surface area contributed by atoms with Crippen molar-refractivity contribution in [3.63, 3.8) is 0 Å². The number of allylic oxidation sites excluding steroid dienone is 26. The number of hydrogen-bond acceptors (Lipinski definition) is 6. The number of ether oxygens (including phenoxy) is 3. The molecular formula is C73H116O6. The van der Waals surface area contributed by atoms with E-state index in [1.165, 1.54) is 77.0 Å². The molecule has 0 N–H and O–H groups in total. The van der Waals surface area contributed by atoms with E-state index in [0.29, 0.717) is 19.3 Å². The molecule has 1 atom stereocenters. The molecule has 0 rings (SSSR count). The molecule has 79 heavy (non-hydrogen) atoms. The summed E-state index contributed by atoms with van der Waals surface area (Å²) in [6.45, 7) is 6.32. The van der Waals surface area contributed by atoms with Gasteiger partial charge in [0.1, 0.15) is 13.2 Å². The van der Waals surface area contributed by atoms with Crippen molar-refractivity contribution in [2.45, 2.75) is 271 Å². The summed E-state index contributed by atoms with van der Waals surface area (Å²) >= 11 is 0. The Hall–Kier alpha value is -4.97. The van der Waals surface area contributed by atoms with Gasteiger partial charge in [-0.1, -0.05) is 262 Å². The Bertz CT molecular complexity index is 1780. The largest absolute Gasteiger partial charge is 0.462 e. The molecule has 0 fully saturated rings. The molecule has 0 saturated heterocycles. The third kappa shape index (κ3) is 63.7. The van der Waals surface area contributed by atoms with Crippen LogP contribution in [0.5, 0.6) is 0 Å². The average Bonchev–Trinajstić information content (AvgIpc) is 3.45. The fourth-order valence-corrected chi connectivity index (χ4v) is 8.28. The smallest absolute Gasteiger partial charge is 0.306 e. The first kappa shape index (κ1) is 74.0. The van der Waals surface area contributed by atoms with Crippen LogP contribution in [0.2, 0.25) is 0 Å². The van der Waals surface area contributed by atoms with E-state index in [1.807, 2.05) is 0 Å². The lowest BCUT2D eigenvalue weighted by Gasteiger charge is -2.18. The molecule has 0 radical (unpaired) electrons. The lowest BCUT2D eigenvalue weighted by Crippen LogP contribution is -2.30. The summed E-state index contributed by atoms with van der Waals surface area (Å²) in [5, 5.41) is 0. The zero-order chi connectivity index (χ0) is 57.1. The molecule has 0 aromatic carbocycles. The summed E-state index contributed by atoms with van der Waals surface area (Å²) in [6.07, 6.45) is 95.3. The normalized spacial score (nSPS) is 13.2. The van der Waals surface area contributed by atoms with E-state index in [-0.39, 0.29) is 37.5 Å². The van der Waals surface area contributed by atoms with Gasteiger partial charge in [0.05, 0.1) is 0 Å². The van der Waals surface area contributed by atoms with Crippen molar-refractivity contribution in [3.05, 3.63) is 158 Å². The van der Waals surface area contributed by atoms with Gasteiger partial charge >= 0.3 is 17.9 Å². The molecule has 0 bridgehead atoms. The van der Waals surface area contributed by atoms with Crippen molar-refractivity contribution in [2.75, 3.05) is 13.2 Å². The fraction of sp³-hybridized carbons (Fsp3) is 0.603. The molecular weight excluding hydrogens is 973 g/mol. The van der Waals surface area contributed by atoms with Gasteiger partial charge in [-0.25, -0.2) is 0 Å². The standard InChI is InChI=1S/C73H116O6/c1-4-7-10-13-16-19-22-25-28-30-32-34-36-38-40-42-45-48-51-54-57-60-63-66-72(75)78-69-70(68-77-71(74)65-62-59-56-53-50-47-44-27-24-21-18-15-12-9-6-3)79-73(76)67-64-61-58-55-52-49-46-43-41-39-37-35-33-31-29-26-23-20-17-14-11-8-5-2/h7-8,10-11,16-21,25-29,32-35,38,40,44-45,48,54,57,70H,4-6,9,12-15,22-24,30-31,36-37,39,41-43,46-47,49-53,55-56,58-69H2,1-3H3/b10-7-,11-8-,19-16-,20-17-,21-18-,28-25-,29-26-,34-32-,35-33-,40-38-,44-27-,48-45-,57-54-. The monoisotopic (exact) mass is 1090 g/mol. The Kier molecular flexibility index (Phi) is 61.4. The Morgan fingerprint density at radius 3 is 0.823 bits per heavy atom. The number of carbonyl (C=O) groups excluding carboxylic acids is 3. The number of unbranched alkanes of at least 4 members (excludes halogenated alkanes) is 19. The summed E-state index contributed by atoms with van der Waals surface area (Å²) in [5.74, 6) is -0.992. The molecule has 444 valence electrons. The summed E-state index contributed by atoms with van der Waals surface area (Å²) in [5.41, 5.74) is 0. The topological polar surface area (TPSA) is 78.9 Å². The van der Waals surface area contributed by atoms with Crippen LogP contribution >= 0.6 is 0 Å². The SMILES string of the molecule is CC/C=C\C/C=C\C/C=C\C/C=C\C/C=C\C/C=C\C/C=C\CCCC(=O)OCC(COC(=O)CCCCCCC/C=C\C/C=C\CCCCC)OC(=O)CCCCCCCCCCCC/C=C\C/C=C\C/C=C\C/C=C\CC. The summed E-state index contributed by atoms with van der Waals surface area (Å²) < 4.78 is 16.9. The average molecular weight is 1090 g/mol. The van der Waals surface area contributed by atoms with Gasteiger partial charge in [-0.3, -0.25) is 14.4 Å². The summed E-state index contributed by atoms with van der Waals surface area (Å²) in [7, 11) is 0. The van der Waals surface area contributed by atoms with Crippen molar-refractivity contribution in [3.8, 4) is 0 Å². The van der Waals surface area contributed by atoms with Crippen molar-refractivity contribution in [2.24, 2.45) is 0 Å². The van der Waals surface area contributed by atoms with Crippen LogP contribution in [0.3, 0.4) is 0 Å². The molecule has 0 aliphatic heterocycles. The van der Waals surface area contributed by atoms with E-state index >= 15 is 0 Å². The molecule has 0 aromatic rings. The maximum absolute atomic E-state index is 12.9. The predicted octanol–water partition coefficient (Wildman–Crippen LogP) is 22.1.